The normalized spacial score (nSPS) is 14.3. The smallest absolute Gasteiger partial charge is 0.326 e. The maximum Gasteiger partial charge on any atom is 0.326 e. The molecule has 0 saturated carbocycles. The van der Waals surface area contributed by atoms with Gasteiger partial charge in [-0.2, -0.15) is 0 Å². The van der Waals surface area contributed by atoms with Gasteiger partial charge in [-0.3, -0.25) is 19.4 Å². The Labute approximate surface area is 189 Å². The highest BCUT2D eigenvalue weighted by Gasteiger charge is 2.30. The van der Waals surface area contributed by atoms with Crippen LogP contribution in [0.15, 0.2) is 17.5 Å². The molecular weight excluding hydrogens is 438 g/mol. The van der Waals surface area contributed by atoms with E-state index in [2.05, 4.69) is 30.9 Å². The van der Waals surface area contributed by atoms with Gasteiger partial charge >= 0.3 is 5.97 Å². The summed E-state index contributed by atoms with van der Waals surface area (Å²) in [6, 6.07) is -4.79. The van der Waals surface area contributed by atoms with Gasteiger partial charge in [0.15, 0.2) is 5.96 Å². The number of aliphatic hydroxyl groups is 1. The molecule has 0 aliphatic carbocycles. The summed E-state index contributed by atoms with van der Waals surface area (Å²) in [5.41, 5.74) is 16.4. The fourth-order valence-electron chi connectivity index (χ4n) is 2.63. The number of aromatic amines is 1. The van der Waals surface area contributed by atoms with E-state index in [1.807, 2.05) is 0 Å². The number of amides is 3. The van der Waals surface area contributed by atoms with E-state index in [0.717, 1.165) is 0 Å². The number of rotatable bonds is 14. The Balaban J connectivity index is 2.91. The summed E-state index contributed by atoms with van der Waals surface area (Å²) in [4.78, 5) is 59.1. The van der Waals surface area contributed by atoms with Crippen LogP contribution in [0.2, 0.25) is 0 Å². The second-order valence-electron chi connectivity index (χ2n) is 7.22. The van der Waals surface area contributed by atoms with Gasteiger partial charge in [0.1, 0.15) is 18.1 Å². The average molecular weight is 470 g/mol. The molecule has 0 aliphatic rings. The van der Waals surface area contributed by atoms with Crippen molar-refractivity contribution in [3.05, 3.63) is 18.2 Å². The topological polar surface area (TPSA) is 264 Å². The predicted molar refractivity (Wildman–Crippen MR) is 116 cm³/mol. The molecule has 4 atom stereocenters. The molecular formula is C18H31N9O6. The van der Waals surface area contributed by atoms with Gasteiger partial charge in [0.05, 0.1) is 19.0 Å². The molecule has 184 valence electrons. The molecule has 1 aromatic heterocycles. The van der Waals surface area contributed by atoms with Crippen LogP contribution >= 0.6 is 0 Å². The molecule has 1 rings (SSSR count). The molecule has 4 unspecified atom stereocenters. The number of hydrogen-bond acceptors (Lipinski definition) is 8. The molecule has 0 bridgehead atoms. The molecule has 0 fully saturated rings. The highest BCUT2D eigenvalue weighted by Crippen LogP contribution is 2.04. The Morgan fingerprint density at radius 2 is 1.70 bits per heavy atom. The van der Waals surface area contributed by atoms with Crippen LogP contribution in [-0.2, 0) is 25.6 Å². The number of carbonyl (C=O) groups is 4. The molecule has 15 heteroatoms. The van der Waals surface area contributed by atoms with Crippen molar-refractivity contribution in [2.45, 2.75) is 50.4 Å². The maximum absolute atomic E-state index is 12.8. The van der Waals surface area contributed by atoms with Crippen molar-refractivity contribution < 1.29 is 29.4 Å². The Morgan fingerprint density at radius 3 is 2.21 bits per heavy atom. The molecule has 0 aromatic carbocycles. The summed E-state index contributed by atoms with van der Waals surface area (Å²) in [6.45, 7) is 0.828. The quantitative estimate of drug-likeness (QED) is 0.0721. The minimum Gasteiger partial charge on any atom is -0.480 e. The van der Waals surface area contributed by atoms with Crippen LogP contribution in [0.4, 0.5) is 0 Å². The number of aromatic nitrogens is 2. The largest absolute Gasteiger partial charge is 0.480 e. The first-order valence-corrected chi connectivity index (χ1v) is 10.1. The van der Waals surface area contributed by atoms with Crippen LogP contribution in [0, 0.1) is 0 Å². The standard InChI is InChI=1S/C18H31N9O6/c1-9(19)14(29)27-13(7-28)16(31)26-12(5-10-6-22-8-24-10)15(30)25-11(17(32)33)3-2-4-23-18(20)21/h6,8-9,11-13,28H,2-5,7,19H2,1H3,(H,22,24)(H,25,30)(H,26,31)(H,27,29)(H,32,33)(H4,20,21,23). The third-order valence-electron chi connectivity index (χ3n) is 4.40. The number of nitrogens with one attached hydrogen (secondary N) is 4. The van der Waals surface area contributed by atoms with Gasteiger partial charge in [-0.1, -0.05) is 0 Å². The van der Waals surface area contributed by atoms with E-state index in [9.17, 15) is 29.4 Å². The van der Waals surface area contributed by atoms with Gasteiger partial charge in [0.2, 0.25) is 17.7 Å². The van der Waals surface area contributed by atoms with E-state index in [1.54, 1.807) is 0 Å². The van der Waals surface area contributed by atoms with E-state index in [-0.39, 0.29) is 31.8 Å². The number of H-pyrrole nitrogens is 1. The Kier molecular flexibility index (Phi) is 11.3. The molecule has 1 aromatic rings. The second kappa shape index (κ2) is 13.6. The van der Waals surface area contributed by atoms with Gasteiger partial charge < -0.3 is 48.3 Å². The number of aliphatic imine (C=N–C) groups is 1. The zero-order valence-corrected chi connectivity index (χ0v) is 18.2. The van der Waals surface area contributed by atoms with E-state index in [1.165, 1.54) is 19.4 Å². The van der Waals surface area contributed by atoms with Gasteiger partial charge in [-0.05, 0) is 19.8 Å². The molecule has 12 N–H and O–H groups in total. The Hall–Kier alpha value is -3.72. The summed E-state index contributed by atoms with van der Waals surface area (Å²) in [6.07, 6.45) is 3.05. The zero-order valence-electron chi connectivity index (χ0n) is 18.2. The lowest BCUT2D eigenvalue weighted by Gasteiger charge is -2.24. The molecule has 33 heavy (non-hydrogen) atoms. The fourth-order valence-corrected chi connectivity index (χ4v) is 2.63. The van der Waals surface area contributed by atoms with Crippen LogP contribution in [0.3, 0.4) is 0 Å². The van der Waals surface area contributed by atoms with Crippen molar-refractivity contribution in [1.29, 1.82) is 0 Å². The van der Waals surface area contributed by atoms with Crippen molar-refractivity contribution >= 4 is 29.7 Å². The minimum absolute atomic E-state index is 0.0340. The highest BCUT2D eigenvalue weighted by atomic mass is 16.4. The molecule has 0 saturated heterocycles. The lowest BCUT2D eigenvalue weighted by Crippen LogP contribution is -2.58. The van der Waals surface area contributed by atoms with E-state index in [0.29, 0.717) is 5.69 Å². The lowest BCUT2D eigenvalue weighted by atomic mass is 10.1. The number of carbonyl (C=O) groups excluding carboxylic acids is 3. The first-order valence-electron chi connectivity index (χ1n) is 10.1. The number of hydrogen-bond donors (Lipinski definition) is 9. The Bertz CT molecular complexity index is 823. The van der Waals surface area contributed by atoms with Crippen molar-refractivity contribution in [1.82, 2.24) is 25.9 Å². The third kappa shape index (κ3) is 9.96. The van der Waals surface area contributed by atoms with E-state index >= 15 is 0 Å². The summed E-state index contributed by atoms with van der Waals surface area (Å²) in [5, 5.41) is 26.0. The van der Waals surface area contributed by atoms with Crippen molar-refractivity contribution in [3.8, 4) is 0 Å². The van der Waals surface area contributed by atoms with Crippen molar-refractivity contribution in [2.75, 3.05) is 13.2 Å². The number of carboxylic acid groups (broad SMARTS) is 1. The number of aliphatic hydroxyl groups excluding tert-OH is 1. The SMILES string of the molecule is CC(N)C(=O)NC(CO)C(=O)NC(Cc1cnc[nH]1)C(=O)NC(CCCN=C(N)N)C(=O)O. The zero-order chi connectivity index (χ0) is 25.0. The molecule has 0 radical (unpaired) electrons. The minimum atomic E-state index is -1.37. The fraction of sp³-hybridized carbons (Fsp3) is 0.556. The molecule has 15 nitrogen and oxygen atoms in total. The summed E-state index contributed by atoms with van der Waals surface area (Å²) >= 11 is 0. The summed E-state index contributed by atoms with van der Waals surface area (Å²) in [7, 11) is 0. The van der Waals surface area contributed by atoms with Crippen LogP contribution in [0.25, 0.3) is 0 Å². The van der Waals surface area contributed by atoms with Crippen molar-refractivity contribution in [2.24, 2.45) is 22.2 Å². The number of aliphatic carboxylic acids is 1. The molecule has 3 amide bonds. The third-order valence-corrected chi connectivity index (χ3v) is 4.40. The molecule has 0 aliphatic heterocycles. The van der Waals surface area contributed by atoms with Gasteiger partial charge in [-0.15, -0.1) is 0 Å². The first-order chi connectivity index (χ1) is 15.5. The monoisotopic (exact) mass is 469 g/mol. The van der Waals surface area contributed by atoms with Gasteiger partial charge in [0, 0.05) is 24.9 Å². The number of nitrogens with zero attached hydrogens (tertiary/aromatic N) is 2. The van der Waals surface area contributed by atoms with E-state index < -0.39 is 54.5 Å². The van der Waals surface area contributed by atoms with Crippen molar-refractivity contribution in [3.63, 3.8) is 0 Å². The second-order valence-corrected chi connectivity index (χ2v) is 7.22. The lowest BCUT2D eigenvalue weighted by molar-refractivity contribution is -0.142. The van der Waals surface area contributed by atoms with Gasteiger partial charge in [-0.25, -0.2) is 9.78 Å². The van der Waals surface area contributed by atoms with Crippen LogP contribution < -0.4 is 33.2 Å². The Morgan fingerprint density at radius 1 is 1.09 bits per heavy atom. The molecule has 0 spiro atoms. The van der Waals surface area contributed by atoms with Crippen LogP contribution in [0.5, 0.6) is 0 Å². The highest BCUT2D eigenvalue weighted by molar-refractivity contribution is 5.94. The number of imidazole rings is 1. The maximum atomic E-state index is 12.8. The predicted octanol–water partition coefficient (Wildman–Crippen LogP) is -4.12. The van der Waals surface area contributed by atoms with E-state index in [4.69, 9.17) is 17.2 Å². The number of carboxylic acids is 1. The summed E-state index contributed by atoms with van der Waals surface area (Å²) < 4.78 is 0. The number of guanidine groups is 1. The van der Waals surface area contributed by atoms with Crippen LogP contribution in [-0.4, -0.2) is 87.2 Å². The summed E-state index contributed by atoms with van der Waals surface area (Å²) in [5.74, 6) is -3.74. The molecule has 1 heterocycles. The van der Waals surface area contributed by atoms with Gasteiger partial charge in [0.25, 0.3) is 0 Å². The number of nitrogens with two attached hydrogens (primary N) is 3. The van der Waals surface area contributed by atoms with Crippen LogP contribution in [0.1, 0.15) is 25.5 Å². The average Bonchev–Trinajstić information content (AvgIpc) is 3.25. The first kappa shape index (κ1) is 27.3.